The summed E-state index contributed by atoms with van der Waals surface area (Å²) in [6, 6.07) is 16.4. The Hall–Kier alpha value is -2.70. The molecule has 0 saturated carbocycles. The highest BCUT2D eigenvalue weighted by molar-refractivity contribution is 7.13. The number of benzene rings is 2. The Morgan fingerprint density at radius 1 is 1.11 bits per heavy atom. The van der Waals surface area contributed by atoms with Gasteiger partial charge in [0, 0.05) is 21.5 Å². The lowest BCUT2D eigenvalue weighted by molar-refractivity contribution is -0.131. The molecule has 3 amide bonds. The van der Waals surface area contributed by atoms with Gasteiger partial charge in [-0.15, -0.1) is 11.3 Å². The van der Waals surface area contributed by atoms with E-state index in [4.69, 9.17) is 11.6 Å². The second-order valence-electron chi connectivity index (χ2n) is 6.44. The zero-order valence-corrected chi connectivity index (χ0v) is 16.1. The van der Waals surface area contributed by atoms with Crippen LogP contribution in [0, 0.1) is 0 Å². The normalized spacial score (nSPS) is 19.4. The molecule has 1 aliphatic rings. The standard InChI is InChI=1S/C20H16ClN3O2S/c1-20(15-9-5-6-10-16(15)21)18(25)24(19(26)23-20)11-14-12-27-17(22-14)13-7-3-2-4-8-13/h2-10,12H,11H2,1H3,(H,23,26)/t20-/m1/s1. The maximum absolute atomic E-state index is 13.0. The number of carbonyl (C=O) groups excluding carboxylic acids is 2. The number of aromatic nitrogens is 1. The Morgan fingerprint density at radius 2 is 1.81 bits per heavy atom. The van der Waals surface area contributed by atoms with Crippen molar-refractivity contribution in [2.24, 2.45) is 0 Å². The van der Waals surface area contributed by atoms with Gasteiger partial charge in [-0.3, -0.25) is 9.69 Å². The molecule has 2 heterocycles. The highest BCUT2D eigenvalue weighted by atomic mass is 35.5. The van der Waals surface area contributed by atoms with Crippen LogP contribution in [0.3, 0.4) is 0 Å². The van der Waals surface area contributed by atoms with Crippen molar-refractivity contribution >= 4 is 34.9 Å². The number of urea groups is 1. The van der Waals surface area contributed by atoms with Crippen molar-refractivity contribution in [1.29, 1.82) is 0 Å². The predicted octanol–water partition coefficient (Wildman–Crippen LogP) is 4.43. The predicted molar refractivity (Wildman–Crippen MR) is 105 cm³/mol. The number of amides is 3. The van der Waals surface area contributed by atoms with Gasteiger partial charge in [0.25, 0.3) is 5.91 Å². The van der Waals surface area contributed by atoms with Gasteiger partial charge >= 0.3 is 6.03 Å². The second-order valence-corrected chi connectivity index (χ2v) is 7.70. The summed E-state index contributed by atoms with van der Waals surface area (Å²) in [6.07, 6.45) is 0. The average molecular weight is 398 g/mol. The molecule has 1 aromatic heterocycles. The Labute approximate surface area is 165 Å². The van der Waals surface area contributed by atoms with Crippen LogP contribution in [-0.4, -0.2) is 21.8 Å². The fourth-order valence-electron chi connectivity index (χ4n) is 3.14. The number of carbonyl (C=O) groups is 2. The highest BCUT2D eigenvalue weighted by Gasteiger charge is 2.49. The number of rotatable bonds is 4. The van der Waals surface area contributed by atoms with Gasteiger partial charge < -0.3 is 5.32 Å². The van der Waals surface area contributed by atoms with Crippen molar-refractivity contribution in [2.75, 3.05) is 0 Å². The molecule has 2 aromatic carbocycles. The molecule has 1 N–H and O–H groups in total. The number of hydrogen-bond donors (Lipinski definition) is 1. The molecule has 1 aliphatic heterocycles. The summed E-state index contributed by atoms with van der Waals surface area (Å²) in [6.45, 7) is 1.79. The summed E-state index contributed by atoms with van der Waals surface area (Å²) in [5.74, 6) is -0.338. The monoisotopic (exact) mass is 397 g/mol. The van der Waals surface area contributed by atoms with Gasteiger partial charge in [-0.25, -0.2) is 9.78 Å². The molecule has 0 spiro atoms. The molecule has 27 heavy (non-hydrogen) atoms. The third-order valence-electron chi connectivity index (χ3n) is 4.58. The summed E-state index contributed by atoms with van der Waals surface area (Å²) >= 11 is 7.74. The Balaban J connectivity index is 1.59. The summed E-state index contributed by atoms with van der Waals surface area (Å²) < 4.78 is 0. The summed E-state index contributed by atoms with van der Waals surface area (Å²) in [4.78, 5) is 31.3. The third-order valence-corrected chi connectivity index (χ3v) is 5.85. The van der Waals surface area contributed by atoms with Crippen molar-refractivity contribution in [3.63, 3.8) is 0 Å². The zero-order chi connectivity index (χ0) is 19.0. The van der Waals surface area contributed by atoms with Gasteiger partial charge in [0.2, 0.25) is 0 Å². The van der Waals surface area contributed by atoms with E-state index in [1.165, 1.54) is 16.2 Å². The lowest BCUT2D eigenvalue weighted by atomic mass is 9.92. The van der Waals surface area contributed by atoms with Crippen LogP contribution in [0.2, 0.25) is 5.02 Å². The second kappa shape index (κ2) is 6.79. The first-order valence-corrected chi connectivity index (χ1v) is 9.64. The van der Waals surface area contributed by atoms with Gasteiger partial charge in [0.15, 0.2) is 0 Å². The van der Waals surface area contributed by atoms with Crippen molar-refractivity contribution < 1.29 is 9.59 Å². The molecule has 0 unspecified atom stereocenters. The van der Waals surface area contributed by atoms with Crippen LogP contribution in [0.25, 0.3) is 10.6 Å². The first-order valence-electron chi connectivity index (χ1n) is 8.38. The van der Waals surface area contributed by atoms with Crippen molar-refractivity contribution in [3.05, 3.63) is 76.3 Å². The maximum Gasteiger partial charge on any atom is 0.325 e. The quantitative estimate of drug-likeness (QED) is 0.662. The molecule has 1 fully saturated rings. The molecular formula is C20H16ClN3O2S. The zero-order valence-electron chi connectivity index (χ0n) is 14.5. The Kier molecular flexibility index (Phi) is 4.45. The lowest BCUT2D eigenvalue weighted by Gasteiger charge is -2.23. The number of nitrogens with zero attached hydrogens (tertiary/aromatic N) is 2. The van der Waals surface area contributed by atoms with Crippen LogP contribution >= 0.6 is 22.9 Å². The summed E-state index contributed by atoms with van der Waals surface area (Å²) in [7, 11) is 0. The molecule has 4 rings (SSSR count). The van der Waals surface area contributed by atoms with Crippen molar-refractivity contribution in [3.8, 4) is 10.6 Å². The molecule has 7 heteroatoms. The largest absolute Gasteiger partial charge is 0.325 e. The van der Waals surface area contributed by atoms with E-state index in [0.29, 0.717) is 16.3 Å². The van der Waals surface area contributed by atoms with Gasteiger partial charge in [0.1, 0.15) is 10.5 Å². The number of imide groups is 1. The minimum absolute atomic E-state index is 0.119. The van der Waals surface area contributed by atoms with E-state index < -0.39 is 11.6 Å². The molecule has 1 saturated heterocycles. The first kappa shape index (κ1) is 17.7. The molecule has 136 valence electrons. The van der Waals surface area contributed by atoms with Gasteiger partial charge in [-0.05, 0) is 13.0 Å². The van der Waals surface area contributed by atoms with Crippen LogP contribution in [0.4, 0.5) is 4.79 Å². The van der Waals surface area contributed by atoms with Crippen LogP contribution < -0.4 is 5.32 Å². The summed E-state index contributed by atoms with van der Waals surface area (Å²) in [5.41, 5.74) is 1.07. The van der Waals surface area contributed by atoms with Crippen molar-refractivity contribution in [1.82, 2.24) is 15.2 Å². The first-order chi connectivity index (χ1) is 13.0. The topological polar surface area (TPSA) is 62.3 Å². The number of nitrogens with one attached hydrogen (secondary N) is 1. The molecule has 1 atom stereocenters. The van der Waals surface area contributed by atoms with Crippen LogP contribution in [0.15, 0.2) is 60.0 Å². The number of hydrogen-bond acceptors (Lipinski definition) is 4. The minimum atomic E-state index is -1.19. The number of thiazole rings is 1. The van der Waals surface area contributed by atoms with Crippen LogP contribution in [0.1, 0.15) is 18.2 Å². The molecule has 0 bridgehead atoms. The Bertz CT molecular complexity index is 1020. The SMILES string of the molecule is C[C@]1(c2ccccc2Cl)NC(=O)N(Cc2csc(-c3ccccc3)n2)C1=O. The van der Waals surface area contributed by atoms with Crippen LogP contribution in [0.5, 0.6) is 0 Å². The van der Waals surface area contributed by atoms with E-state index >= 15 is 0 Å². The van der Waals surface area contributed by atoms with Gasteiger partial charge in [-0.1, -0.05) is 60.1 Å². The van der Waals surface area contributed by atoms with Gasteiger partial charge in [-0.2, -0.15) is 0 Å². The smallest absolute Gasteiger partial charge is 0.319 e. The van der Waals surface area contributed by atoms with Crippen LogP contribution in [-0.2, 0) is 16.9 Å². The maximum atomic E-state index is 13.0. The molecule has 3 aromatic rings. The molecule has 0 radical (unpaired) electrons. The van der Waals surface area contributed by atoms with E-state index in [0.717, 1.165) is 10.6 Å². The Morgan fingerprint density at radius 3 is 2.56 bits per heavy atom. The van der Waals surface area contributed by atoms with E-state index in [2.05, 4.69) is 10.3 Å². The highest BCUT2D eigenvalue weighted by Crippen LogP contribution is 2.34. The fraction of sp³-hybridized carbons (Fsp3) is 0.150. The molecule has 0 aliphatic carbocycles. The lowest BCUT2D eigenvalue weighted by Crippen LogP contribution is -2.41. The van der Waals surface area contributed by atoms with E-state index in [1.807, 2.05) is 35.7 Å². The third kappa shape index (κ3) is 3.11. The van der Waals surface area contributed by atoms with E-state index in [9.17, 15) is 9.59 Å². The fourth-order valence-corrected chi connectivity index (χ4v) is 4.29. The minimum Gasteiger partial charge on any atom is -0.319 e. The average Bonchev–Trinajstić information content (AvgIpc) is 3.22. The summed E-state index contributed by atoms with van der Waals surface area (Å²) in [5, 5.41) is 5.94. The molecular weight excluding hydrogens is 382 g/mol. The van der Waals surface area contributed by atoms with Gasteiger partial charge in [0.05, 0.1) is 12.2 Å². The van der Waals surface area contributed by atoms with E-state index in [-0.39, 0.29) is 12.5 Å². The number of halogens is 1. The van der Waals surface area contributed by atoms with Crippen molar-refractivity contribution in [2.45, 2.75) is 19.0 Å². The molecule has 5 nitrogen and oxygen atoms in total. The van der Waals surface area contributed by atoms with E-state index in [1.54, 1.807) is 31.2 Å².